The minimum Gasteiger partial charge on any atom is -0.480 e. The number of carboxylic acids is 1. The van der Waals surface area contributed by atoms with Crippen LogP contribution in [-0.4, -0.2) is 67.6 Å². The molecule has 0 radical (unpaired) electrons. The van der Waals surface area contributed by atoms with E-state index >= 15 is 0 Å². The number of rotatable bonds is 5. The number of carbonyl (C=O) groups is 2. The summed E-state index contributed by atoms with van der Waals surface area (Å²) in [7, 11) is 0. The van der Waals surface area contributed by atoms with Crippen molar-refractivity contribution in [1.29, 1.82) is 0 Å². The number of carbonyl (C=O) groups excluding carboxylic acids is 1. The fourth-order valence-corrected chi connectivity index (χ4v) is 2.71. The molecule has 2 saturated heterocycles. The van der Waals surface area contributed by atoms with Gasteiger partial charge in [-0.25, -0.2) is 9.59 Å². The second-order valence-electron chi connectivity index (χ2n) is 5.63. The molecule has 0 atom stereocenters. The van der Waals surface area contributed by atoms with Gasteiger partial charge in [-0.3, -0.25) is 0 Å². The average molecular weight is 300 g/mol. The lowest BCUT2D eigenvalue weighted by Crippen LogP contribution is -2.47. The van der Waals surface area contributed by atoms with Crippen LogP contribution < -0.4 is 5.32 Å². The van der Waals surface area contributed by atoms with Crippen molar-refractivity contribution in [3.05, 3.63) is 0 Å². The minimum atomic E-state index is -0.952. The topological polar surface area (TPSA) is 88.1 Å². The van der Waals surface area contributed by atoms with E-state index in [1.165, 1.54) is 0 Å². The molecule has 2 amide bonds. The van der Waals surface area contributed by atoms with Gasteiger partial charge in [0.15, 0.2) is 0 Å². The van der Waals surface area contributed by atoms with Crippen LogP contribution in [-0.2, 0) is 14.3 Å². The highest BCUT2D eigenvalue weighted by molar-refractivity contribution is 5.74. The summed E-state index contributed by atoms with van der Waals surface area (Å²) >= 11 is 0. The van der Waals surface area contributed by atoms with Gasteiger partial charge in [0.1, 0.15) is 6.61 Å². The third kappa shape index (κ3) is 5.51. The second-order valence-corrected chi connectivity index (χ2v) is 5.63. The van der Waals surface area contributed by atoms with Crippen LogP contribution in [0.15, 0.2) is 0 Å². The Morgan fingerprint density at radius 2 is 1.86 bits per heavy atom. The Morgan fingerprint density at radius 3 is 2.48 bits per heavy atom. The van der Waals surface area contributed by atoms with E-state index in [0.29, 0.717) is 38.4 Å². The van der Waals surface area contributed by atoms with Crippen molar-refractivity contribution in [1.82, 2.24) is 10.2 Å². The average Bonchev–Trinajstić information content (AvgIpc) is 2.52. The number of aliphatic carboxylic acids is 1. The van der Waals surface area contributed by atoms with Crippen molar-refractivity contribution < 1.29 is 24.2 Å². The van der Waals surface area contributed by atoms with E-state index in [9.17, 15) is 9.59 Å². The van der Waals surface area contributed by atoms with Crippen LogP contribution >= 0.6 is 0 Å². The Labute approximate surface area is 124 Å². The summed E-state index contributed by atoms with van der Waals surface area (Å²) in [4.78, 5) is 24.3. The molecule has 2 fully saturated rings. The Hall–Kier alpha value is -1.34. The number of hydrogen-bond donors (Lipinski definition) is 2. The Balaban J connectivity index is 1.62. The zero-order valence-electron chi connectivity index (χ0n) is 12.3. The molecular weight excluding hydrogens is 276 g/mol. The molecule has 0 aromatic heterocycles. The number of amides is 2. The predicted octanol–water partition coefficient (Wildman–Crippen LogP) is 0.688. The van der Waals surface area contributed by atoms with E-state index in [2.05, 4.69) is 5.32 Å². The number of urea groups is 1. The first-order valence-electron chi connectivity index (χ1n) is 7.59. The fraction of sp³-hybridized carbons (Fsp3) is 0.857. The zero-order chi connectivity index (χ0) is 15.1. The van der Waals surface area contributed by atoms with Gasteiger partial charge >= 0.3 is 12.0 Å². The third-order valence-corrected chi connectivity index (χ3v) is 4.05. The van der Waals surface area contributed by atoms with Gasteiger partial charge in [-0.15, -0.1) is 0 Å². The maximum absolute atomic E-state index is 12.1. The van der Waals surface area contributed by atoms with Crippen LogP contribution in [0.1, 0.15) is 25.7 Å². The van der Waals surface area contributed by atoms with E-state index in [0.717, 1.165) is 26.1 Å². The van der Waals surface area contributed by atoms with Crippen molar-refractivity contribution in [3.63, 3.8) is 0 Å². The van der Waals surface area contributed by atoms with Crippen molar-refractivity contribution in [3.8, 4) is 0 Å². The SMILES string of the molecule is O=C(O)COC1CCN(C(=O)NCC2CCOCC2)CC1. The molecule has 2 aliphatic rings. The molecule has 7 nitrogen and oxygen atoms in total. The number of carboxylic acid groups (broad SMARTS) is 1. The van der Waals surface area contributed by atoms with Gasteiger partial charge in [-0.1, -0.05) is 0 Å². The summed E-state index contributed by atoms with van der Waals surface area (Å²) in [6.07, 6.45) is 3.34. The van der Waals surface area contributed by atoms with Gasteiger partial charge in [-0.2, -0.15) is 0 Å². The van der Waals surface area contributed by atoms with Crippen molar-refractivity contribution >= 4 is 12.0 Å². The van der Waals surface area contributed by atoms with E-state index in [4.69, 9.17) is 14.6 Å². The molecule has 0 bridgehead atoms. The highest BCUT2D eigenvalue weighted by Gasteiger charge is 2.24. The number of nitrogens with one attached hydrogen (secondary N) is 1. The monoisotopic (exact) mass is 300 g/mol. The summed E-state index contributed by atoms with van der Waals surface area (Å²) in [6.45, 7) is 3.24. The Kier molecular flexibility index (Phi) is 6.25. The molecule has 0 spiro atoms. The van der Waals surface area contributed by atoms with Gasteiger partial charge in [0, 0.05) is 32.8 Å². The smallest absolute Gasteiger partial charge is 0.329 e. The standard InChI is InChI=1S/C14H24N2O5/c17-13(18)10-21-12-1-5-16(6-2-12)14(19)15-9-11-3-7-20-8-4-11/h11-12H,1-10H2,(H,15,19)(H,17,18). The van der Waals surface area contributed by atoms with Crippen LogP contribution in [0.2, 0.25) is 0 Å². The largest absolute Gasteiger partial charge is 0.480 e. The van der Waals surface area contributed by atoms with Crippen molar-refractivity contribution in [2.24, 2.45) is 5.92 Å². The molecule has 7 heteroatoms. The summed E-state index contributed by atoms with van der Waals surface area (Å²) in [5.41, 5.74) is 0. The first kappa shape index (κ1) is 16.0. The first-order chi connectivity index (χ1) is 10.1. The van der Waals surface area contributed by atoms with Crippen LogP contribution in [0, 0.1) is 5.92 Å². The molecule has 0 aliphatic carbocycles. The van der Waals surface area contributed by atoms with Gasteiger partial charge in [0.25, 0.3) is 0 Å². The number of ether oxygens (including phenoxy) is 2. The lowest BCUT2D eigenvalue weighted by atomic mass is 10.0. The molecule has 2 rings (SSSR count). The number of nitrogens with zero attached hydrogens (tertiary/aromatic N) is 1. The summed E-state index contributed by atoms with van der Waals surface area (Å²) in [6, 6.07) is -0.0295. The molecule has 0 aromatic carbocycles. The lowest BCUT2D eigenvalue weighted by Gasteiger charge is -2.32. The third-order valence-electron chi connectivity index (χ3n) is 4.05. The zero-order valence-corrected chi connectivity index (χ0v) is 12.3. The summed E-state index contributed by atoms with van der Waals surface area (Å²) in [5, 5.41) is 11.6. The molecule has 0 aromatic rings. The molecule has 0 unspecified atom stereocenters. The maximum atomic E-state index is 12.1. The molecule has 2 aliphatic heterocycles. The van der Waals surface area contributed by atoms with Crippen molar-refractivity contribution in [2.45, 2.75) is 31.8 Å². The molecule has 21 heavy (non-hydrogen) atoms. The molecule has 2 N–H and O–H groups in total. The van der Waals surface area contributed by atoms with Crippen LogP contribution in [0.4, 0.5) is 4.79 Å². The highest BCUT2D eigenvalue weighted by Crippen LogP contribution is 2.15. The highest BCUT2D eigenvalue weighted by atomic mass is 16.5. The van der Waals surface area contributed by atoms with Crippen LogP contribution in [0.3, 0.4) is 0 Å². The van der Waals surface area contributed by atoms with Crippen LogP contribution in [0.5, 0.6) is 0 Å². The summed E-state index contributed by atoms with van der Waals surface area (Å²) in [5.74, 6) is -0.439. The first-order valence-corrected chi connectivity index (χ1v) is 7.59. The number of hydrogen-bond acceptors (Lipinski definition) is 4. The second kappa shape index (κ2) is 8.19. The van der Waals surface area contributed by atoms with E-state index < -0.39 is 5.97 Å². The van der Waals surface area contributed by atoms with Crippen molar-refractivity contribution in [2.75, 3.05) is 39.5 Å². The van der Waals surface area contributed by atoms with E-state index in [-0.39, 0.29) is 18.7 Å². The van der Waals surface area contributed by atoms with E-state index in [1.54, 1.807) is 4.90 Å². The molecule has 120 valence electrons. The van der Waals surface area contributed by atoms with Crippen LogP contribution in [0.25, 0.3) is 0 Å². The lowest BCUT2D eigenvalue weighted by molar-refractivity contribution is -0.145. The predicted molar refractivity (Wildman–Crippen MR) is 75.1 cm³/mol. The van der Waals surface area contributed by atoms with E-state index in [1.807, 2.05) is 0 Å². The minimum absolute atomic E-state index is 0.0295. The summed E-state index contributed by atoms with van der Waals surface area (Å²) < 4.78 is 10.6. The molecule has 0 saturated carbocycles. The maximum Gasteiger partial charge on any atom is 0.329 e. The quantitative estimate of drug-likeness (QED) is 0.780. The molecular formula is C14H24N2O5. The van der Waals surface area contributed by atoms with Gasteiger partial charge in [0.2, 0.25) is 0 Å². The fourth-order valence-electron chi connectivity index (χ4n) is 2.71. The normalized spacial score (nSPS) is 21.2. The number of likely N-dealkylation sites (tertiary alicyclic amines) is 1. The van der Waals surface area contributed by atoms with Gasteiger partial charge in [-0.05, 0) is 31.6 Å². The number of piperidine rings is 1. The van der Waals surface area contributed by atoms with Gasteiger partial charge < -0.3 is 24.8 Å². The Morgan fingerprint density at radius 1 is 1.19 bits per heavy atom. The Bertz CT molecular complexity index is 349. The molecule has 2 heterocycles. The van der Waals surface area contributed by atoms with Gasteiger partial charge in [0.05, 0.1) is 6.10 Å².